The van der Waals surface area contributed by atoms with Crippen molar-refractivity contribution >= 4 is 28.9 Å². The molecule has 4 nitrogen and oxygen atoms in total. The van der Waals surface area contributed by atoms with Gasteiger partial charge in [0.2, 0.25) is 5.91 Å². The van der Waals surface area contributed by atoms with Crippen LogP contribution in [0.1, 0.15) is 46.0 Å². The van der Waals surface area contributed by atoms with Crippen molar-refractivity contribution in [1.82, 2.24) is 5.32 Å². The number of nitrogens with one attached hydrogen (secondary N) is 2. The van der Waals surface area contributed by atoms with Crippen molar-refractivity contribution in [3.05, 3.63) is 24.3 Å². The summed E-state index contributed by atoms with van der Waals surface area (Å²) < 4.78 is 5.64. The number of thiocarbonyl (C=S) groups is 1. The molecule has 1 aliphatic carbocycles. The first kappa shape index (κ1) is 17.7. The number of rotatable bonds is 5. The highest BCUT2D eigenvalue weighted by molar-refractivity contribution is 7.80. The lowest BCUT2D eigenvalue weighted by Gasteiger charge is -2.21. The quantitative estimate of drug-likeness (QED) is 0.796. The van der Waals surface area contributed by atoms with Gasteiger partial charge in [-0.05, 0) is 55.2 Å². The number of anilines is 1. The fraction of sp³-hybridized carbons (Fsp3) is 0.556. The zero-order valence-electron chi connectivity index (χ0n) is 13.9. The Balaban J connectivity index is 1.79. The molecule has 1 amide bonds. The summed E-state index contributed by atoms with van der Waals surface area (Å²) in [6, 6.07) is 7.59. The first-order chi connectivity index (χ1) is 11.0. The second-order valence-electron chi connectivity index (χ2n) is 6.51. The van der Waals surface area contributed by atoms with Crippen LogP contribution in [0, 0.1) is 11.8 Å². The van der Waals surface area contributed by atoms with Crippen LogP contribution in [-0.2, 0) is 4.79 Å². The molecule has 126 valence electrons. The lowest BCUT2D eigenvalue weighted by atomic mass is 9.89. The number of benzene rings is 1. The third-order valence-electron chi connectivity index (χ3n) is 3.91. The van der Waals surface area contributed by atoms with Gasteiger partial charge in [0.25, 0.3) is 0 Å². The van der Waals surface area contributed by atoms with Gasteiger partial charge in [-0.1, -0.05) is 33.1 Å². The minimum atomic E-state index is 0.0408. The maximum absolute atomic E-state index is 12.1. The number of ether oxygens (including phenoxy) is 1. The minimum Gasteiger partial charge on any atom is -0.493 e. The van der Waals surface area contributed by atoms with Crippen LogP contribution in [0.5, 0.6) is 5.75 Å². The average Bonchev–Trinajstić information content (AvgIpc) is 2.55. The monoisotopic (exact) mass is 334 g/mol. The smallest absolute Gasteiger partial charge is 0.229 e. The lowest BCUT2D eigenvalue weighted by molar-refractivity contribution is -0.124. The first-order valence-electron chi connectivity index (χ1n) is 8.39. The van der Waals surface area contributed by atoms with E-state index >= 15 is 0 Å². The largest absolute Gasteiger partial charge is 0.493 e. The van der Waals surface area contributed by atoms with E-state index in [1.54, 1.807) is 0 Å². The second kappa shape index (κ2) is 8.87. The van der Waals surface area contributed by atoms with Crippen LogP contribution in [0.3, 0.4) is 0 Å². The zero-order valence-corrected chi connectivity index (χ0v) is 14.7. The van der Waals surface area contributed by atoms with Crippen LogP contribution >= 0.6 is 12.2 Å². The molecule has 0 unspecified atom stereocenters. The highest BCUT2D eigenvalue weighted by Gasteiger charge is 2.21. The molecule has 2 N–H and O–H groups in total. The molecule has 5 heteroatoms. The molecule has 1 aliphatic rings. The lowest BCUT2D eigenvalue weighted by Crippen LogP contribution is -2.38. The van der Waals surface area contributed by atoms with E-state index in [4.69, 9.17) is 17.0 Å². The van der Waals surface area contributed by atoms with E-state index in [0.29, 0.717) is 17.6 Å². The van der Waals surface area contributed by atoms with Crippen LogP contribution in [-0.4, -0.2) is 17.6 Å². The third-order valence-corrected chi connectivity index (χ3v) is 4.11. The van der Waals surface area contributed by atoms with Gasteiger partial charge in [-0.15, -0.1) is 0 Å². The standard InChI is InChI=1S/C18H26N2O2S/c1-13(2)12-22-16-10-8-15(9-11-16)19-18(23)20-17(21)14-6-4-3-5-7-14/h8-11,13-14H,3-7,12H2,1-2H3,(H2,19,20,21,23). The van der Waals surface area contributed by atoms with Gasteiger partial charge in [-0.25, -0.2) is 0 Å². The molecule has 0 heterocycles. The zero-order chi connectivity index (χ0) is 16.7. The van der Waals surface area contributed by atoms with Crippen LogP contribution in [0.25, 0.3) is 0 Å². The summed E-state index contributed by atoms with van der Waals surface area (Å²) in [4.78, 5) is 12.1. The molecule has 1 saturated carbocycles. The van der Waals surface area contributed by atoms with Gasteiger partial charge in [0.05, 0.1) is 6.61 Å². The van der Waals surface area contributed by atoms with Crippen LogP contribution in [0.15, 0.2) is 24.3 Å². The van der Waals surface area contributed by atoms with Gasteiger partial charge in [0, 0.05) is 11.6 Å². The topological polar surface area (TPSA) is 50.4 Å². The van der Waals surface area contributed by atoms with Crippen LogP contribution < -0.4 is 15.4 Å². The van der Waals surface area contributed by atoms with Crippen molar-refractivity contribution in [2.45, 2.75) is 46.0 Å². The number of hydrogen-bond acceptors (Lipinski definition) is 3. The van der Waals surface area contributed by atoms with Crippen molar-refractivity contribution in [2.75, 3.05) is 11.9 Å². The summed E-state index contributed by atoms with van der Waals surface area (Å²) in [6.07, 6.45) is 5.44. The SMILES string of the molecule is CC(C)COc1ccc(NC(=S)NC(=O)C2CCCCC2)cc1. The van der Waals surface area contributed by atoms with Gasteiger partial charge < -0.3 is 15.4 Å². The van der Waals surface area contributed by atoms with Crippen LogP contribution in [0.4, 0.5) is 5.69 Å². The van der Waals surface area contributed by atoms with Gasteiger partial charge >= 0.3 is 0 Å². The second-order valence-corrected chi connectivity index (χ2v) is 6.92. The van der Waals surface area contributed by atoms with Gasteiger partial charge in [-0.2, -0.15) is 0 Å². The molecule has 0 radical (unpaired) electrons. The normalized spacial score (nSPS) is 15.3. The van der Waals surface area contributed by atoms with E-state index in [1.807, 2.05) is 24.3 Å². The Morgan fingerprint density at radius 1 is 1.22 bits per heavy atom. The molecule has 0 bridgehead atoms. The molecule has 2 rings (SSSR count). The molecule has 1 fully saturated rings. The summed E-state index contributed by atoms with van der Waals surface area (Å²) in [5.74, 6) is 1.48. The Labute approximate surface area is 144 Å². The molecule has 1 aromatic rings. The van der Waals surface area contributed by atoms with E-state index in [9.17, 15) is 4.79 Å². The minimum absolute atomic E-state index is 0.0408. The molecule has 0 atom stereocenters. The fourth-order valence-electron chi connectivity index (χ4n) is 2.64. The number of carbonyl (C=O) groups excluding carboxylic acids is 1. The highest BCUT2D eigenvalue weighted by atomic mass is 32.1. The Kier molecular flexibility index (Phi) is 6.84. The van der Waals surface area contributed by atoms with E-state index in [-0.39, 0.29) is 11.8 Å². The molecule has 23 heavy (non-hydrogen) atoms. The van der Waals surface area contributed by atoms with Crippen molar-refractivity contribution in [2.24, 2.45) is 11.8 Å². The molecular formula is C18H26N2O2S. The predicted molar refractivity (Wildman–Crippen MR) is 97.7 cm³/mol. The van der Waals surface area contributed by atoms with E-state index in [0.717, 1.165) is 37.1 Å². The Morgan fingerprint density at radius 2 is 1.87 bits per heavy atom. The maximum atomic E-state index is 12.1. The summed E-state index contributed by atoms with van der Waals surface area (Å²) in [5.41, 5.74) is 0.843. The summed E-state index contributed by atoms with van der Waals surface area (Å²) in [5, 5.41) is 6.21. The van der Waals surface area contributed by atoms with E-state index < -0.39 is 0 Å². The molecular weight excluding hydrogens is 308 g/mol. The average molecular weight is 334 g/mol. The molecule has 0 saturated heterocycles. The molecule has 1 aromatic carbocycles. The maximum Gasteiger partial charge on any atom is 0.229 e. The fourth-order valence-corrected chi connectivity index (χ4v) is 2.86. The van der Waals surface area contributed by atoms with Crippen molar-refractivity contribution in [1.29, 1.82) is 0 Å². The summed E-state index contributed by atoms with van der Waals surface area (Å²) in [6.45, 7) is 4.93. The van der Waals surface area contributed by atoms with Crippen LogP contribution in [0.2, 0.25) is 0 Å². The van der Waals surface area contributed by atoms with E-state index in [1.165, 1.54) is 6.42 Å². The Morgan fingerprint density at radius 3 is 2.48 bits per heavy atom. The van der Waals surface area contributed by atoms with Crippen molar-refractivity contribution in [3.63, 3.8) is 0 Å². The Hall–Kier alpha value is -1.62. The van der Waals surface area contributed by atoms with Gasteiger partial charge in [0.1, 0.15) is 5.75 Å². The summed E-state index contributed by atoms with van der Waals surface area (Å²) >= 11 is 5.23. The van der Waals surface area contributed by atoms with Crippen molar-refractivity contribution < 1.29 is 9.53 Å². The number of hydrogen-bond donors (Lipinski definition) is 2. The first-order valence-corrected chi connectivity index (χ1v) is 8.80. The Bertz CT molecular complexity index is 522. The number of carbonyl (C=O) groups is 1. The van der Waals surface area contributed by atoms with Gasteiger partial charge in [0.15, 0.2) is 5.11 Å². The van der Waals surface area contributed by atoms with Gasteiger partial charge in [-0.3, -0.25) is 4.79 Å². The highest BCUT2D eigenvalue weighted by Crippen LogP contribution is 2.23. The van der Waals surface area contributed by atoms with Crippen molar-refractivity contribution in [3.8, 4) is 5.75 Å². The van der Waals surface area contributed by atoms with E-state index in [2.05, 4.69) is 24.5 Å². The molecule has 0 aromatic heterocycles. The number of amides is 1. The predicted octanol–water partition coefficient (Wildman–Crippen LogP) is 4.11. The summed E-state index contributed by atoms with van der Waals surface area (Å²) in [7, 11) is 0. The molecule has 0 spiro atoms. The molecule has 0 aliphatic heterocycles. The third kappa shape index (κ3) is 6.18.